The number of ether oxygens (including phenoxy) is 2. The SMILES string of the molecule is CCOc1ccc([C@H](C)NS(=O)(=O)c2ccc(Br)s2)cc1OCC. The molecule has 1 N–H and O–H groups in total. The van der Waals surface area contributed by atoms with Gasteiger partial charge >= 0.3 is 0 Å². The third-order valence-electron chi connectivity index (χ3n) is 3.21. The molecule has 0 amide bonds. The highest BCUT2D eigenvalue weighted by Gasteiger charge is 2.21. The predicted molar refractivity (Wildman–Crippen MR) is 99.5 cm³/mol. The molecule has 0 fully saturated rings. The number of nitrogens with one attached hydrogen (secondary N) is 1. The fourth-order valence-corrected chi connectivity index (χ4v) is 5.40. The normalized spacial score (nSPS) is 12.8. The Morgan fingerprint density at radius 3 is 2.38 bits per heavy atom. The highest BCUT2D eigenvalue weighted by atomic mass is 79.9. The van der Waals surface area contributed by atoms with Crippen molar-refractivity contribution < 1.29 is 17.9 Å². The maximum Gasteiger partial charge on any atom is 0.250 e. The van der Waals surface area contributed by atoms with Gasteiger partial charge in [-0.3, -0.25) is 0 Å². The molecule has 0 aliphatic heterocycles. The molecule has 0 saturated carbocycles. The predicted octanol–water partition coefficient (Wildman–Crippen LogP) is 4.35. The van der Waals surface area contributed by atoms with Crippen molar-refractivity contribution in [1.82, 2.24) is 4.72 Å². The van der Waals surface area contributed by atoms with Gasteiger partial charge in [0.15, 0.2) is 11.5 Å². The second-order valence-electron chi connectivity index (χ2n) is 4.97. The highest BCUT2D eigenvalue weighted by Crippen LogP contribution is 2.32. The molecule has 0 unspecified atom stereocenters. The van der Waals surface area contributed by atoms with Crippen molar-refractivity contribution in [2.24, 2.45) is 0 Å². The smallest absolute Gasteiger partial charge is 0.250 e. The fourth-order valence-electron chi connectivity index (χ4n) is 2.14. The number of halogens is 1. The van der Waals surface area contributed by atoms with Crippen LogP contribution in [0.3, 0.4) is 0 Å². The van der Waals surface area contributed by atoms with E-state index in [-0.39, 0.29) is 4.21 Å². The van der Waals surface area contributed by atoms with Crippen LogP contribution in [0.1, 0.15) is 32.4 Å². The minimum absolute atomic E-state index is 0.275. The Hall–Kier alpha value is -1.09. The van der Waals surface area contributed by atoms with Gasteiger partial charge in [-0.1, -0.05) is 6.07 Å². The molecule has 0 radical (unpaired) electrons. The number of hydrogen-bond acceptors (Lipinski definition) is 5. The van der Waals surface area contributed by atoms with Gasteiger partial charge in [0.1, 0.15) is 4.21 Å². The number of benzene rings is 1. The Morgan fingerprint density at radius 1 is 1.12 bits per heavy atom. The fraction of sp³-hybridized carbons (Fsp3) is 0.375. The standard InChI is InChI=1S/C16H20BrNO4S2/c1-4-21-13-7-6-12(10-14(13)22-5-2)11(3)18-24(19,20)16-9-8-15(17)23-16/h6-11,18H,4-5H2,1-3H3/t11-/m0/s1. The molecule has 0 aliphatic rings. The lowest BCUT2D eigenvalue weighted by Gasteiger charge is -2.17. The lowest BCUT2D eigenvalue weighted by Crippen LogP contribution is -2.26. The molecule has 8 heteroatoms. The van der Waals surface area contributed by atoms with Gasteiger partial charge in [-0.15, -0.1) is 11.3 Å². The zero-order valence-corrected chi connectivity index (χ0v) is 16.9. The number of hydrogen-bond donors (Lipinski definition) is 1. The van der Waals surface area contributed by atoms with E-state index in [2.05, 4.69) is 20.7 Å². The molecular weight excluding hydrogens is 414 g/mol. The van der Waals surface area contributed by atoms with Crippen molar-refractivity contribution >= 4 is 37.3 Å². The minimum Gasteiger partial charge on any atom is -0.490 e. The minimum atomic E-state index is -3.57. The van der Waals surface area contributed by atoms with Crippen molar-refractivity contribution in [2.45, 2.75) is 31.0 Å². The largest absolute Gasteiger partial charge is 0.490 e. The zero-order chi connectivity index (χ0) is 17.7. The van der Waals surface area contributed by atoms with E-state index in [4.69, 9.17) is 9.47 Å². The maximum absolute atomic E-state index is 12.4. The Labute approximate surface area is 155 Å². The zero-order valence-electron chi connectivity index (χ0n) is 13.7. The number of thiophene rings is 1. The van der Waals surface area contributed by atoms with E-state index in [1.165, 1.54) is 11.3 Å². The van der Waals surface area contributed by atoms with Gasteiger partial charge in [0.05, 0.1) is 17.0 Å². The summed E-state index contributed by atoms with van der Waals surface area (Å²) in [4.78, 5) is 0. The van der Waals surface area contributed by atoms with Crippen molar-refractivity contribution in [3.8, 4) is 11.5 Å². The molecule has 2 aromatic rings. The summed E-state index contributed by atoms with van der Waals surface area (Å²) >= 11 is 4.45. The summed E-state index contributed by atoms with van der Waals surface area (Å²) < 4.78 is 39.7. The number of sulfonamides is 1. The molecule has 0 bridgehead atoms. The second kappa shape index (κ2) is 8.33. The van der Waals surface area contributed by atoms with Crippen molar-refractivity contribution in [2.75, 3.05) is 13.2 Å². The van der Waals surface area contributed by atoms with Gasteiger partial charge in [-0.2, -0.15) is 0 Å². The molecular formula is C16H20BrNO4S2. The van der Waals surface area contributed by atoms with Crippen LogP contribution in [-0.2, 0) is 10.0 Å². The van der Waals surface area contributed by atoms with Crippen molar-refractivity contribution in [3.63, 3.8) is 0 Å². The van der Waals surface area contributed by atoms with E-state index in [0.29, 0.717) is 24.7 Å². The molecule has 132 valence electrons. The second-order valence-corrected chi connectivity index (χ2v) is 9.38. The lowest BCUT2D eigenvalue weighted by atomic mass is 10.1. The maximum atomic E-state index is 12.4. The average molecular weight is 434 g/mol. The molecule has 0 spiro atoms. The third-order valence-corrected chi connectivity index (χ3v) is 6.87. The molecule has 1 aromatic carbocycles. The van der Waals surface area contributed by atoms with Gasteiger partial charge < -0.3 is 9.47 Å². The van der Waals surface area contributed by atoms with Gasteiger partial charge in [0, 0.05) is 6.04 Å². The monoisotopic (exact) mass is 433 g/mol. The van der Waals surface area contributed by atoms with Crippen molar-refractivity contribution in [1.29, 1.82) is 0 Å². The Kier molecular flexibility index (Phi) is 6.68. The van der Waals surface area contributed by atoms with Crippen LogP contribution in [0.15, 0.2) is 38.3 Å². The van der Waals surface area contributed by atoms with Crippen molar-refractivity contribution in [3.05, 3.63) is 39.7 Å². The molecule has 5 nitrogen and oxygen atoms in total. The molecule has 1 heterocycles. The summed E-state index contributed by atoms with van der Waals surface area (Å²) in [5.74, 6) is 1.27. The number of rotatable bonds is 8. The van der Waals surface area contributed by atoms with Crippen LogP contribution in [0.4, 0.5) is 0 Å². The average Bonchev–Trinajstić information content (AvgIpc) is 2.96. The van der Waals surface area contributed by atoms with Crippen LogP contribution in [0.5, 0.6) is 11.5 Å². The first-order valence-corrected chi connectivity index (χ1v) is 10.6. The van der Waals surface area contributed by atoms with Gasteiger partial charge in [-0.25, -0.2) is 13.1 Å². The highest BCUT2D eigenvalue weighted by molar-refractivity contribution is 9.11. The summed E-state index contributed by atoms with van der Waals surface area (Å²) in [6.45, 7) is 6.63. The molecule has 1 aromatic heterocycles. The molecule has 0 saturated heterocycles. The molecule has 24 heavy (non-hydrogen) atoms. The molecule has 1 atom stereocenters. The first-order valence-electron chi connectivity index (χ1n) is 7.54. The Balaban J connectivity index is 2.22. The molecule has 2 rings (SSSR count). The summed E-state index contributed by atoms with van der Waals surface area (Å²) in [5.41, 5.74) is 0.807. The van der Waals surface area contributed by atoms with Crippen LogP contribution < -0.4 is 14.2 Å². The summed E-state index contributed by atoms with van der Waals surface area (Å²) in [6.07, 6.45) is 0. The molecule has 0 aliphatic carbocycles. The van der Waals surface area contributed by atoms with Crippen LogP contribution in [0.2, 0.25) is 0 Å². The van der Waals surface area contributed by atoms with E-state index in [0.717, 1.165) is 9.35 Å². The first-order chi connectivity index (χ1) is 11.4. The van der Waals surface area contributed by atoms with Crippen LogP contribution in [0, 0.1) is 0 Å². The summed E-state index contributed by atoms with van der Waals surface area (Å²) in [7, 11) is -3.57. The third kappa shape index (κ3) is 4.72. The lowest BCUT2D eigenvalue weighted by molar-refractivity contribution is 0.287. The van der Waals surface area contributed by atoms with E-state index < -0.39 is 16.1 Å². The van der Waals surface area contributed by atoms with Crippen LogP contribution >= 0.6 is 27.3 Å². The van der Waals surface area contributed by atoms with Gasteiger partial charge in [-0.05, 0) is 66.5 Å². The summed E-state index contributed by atoms with van der Waals surface area (Å²) in [5, 5.41) is 0. The Bertz CT molecular complexity index is 789. The van der Waals surface area contributed by atoms with Gasteiger partial charge in [0.2, 0.25) is 0 Å². The van der Waals surface area contributed by atoms with E-state index in [1.54, 1.807) is 25.1 Å². The van der Waals surface area contributed by atoms with Crippen LogP contribution in [-0.4, -0.2) is 21.6 Å². The van der Waals surface area contributed by atoms with E-state index in [9.17, 15) is 8.42 Å². The van der Waals surface area contributed by atoms with E-state index in [1.807, 2.05) is 26.0 Å². The summed E-state index contributed by atoms with van der Waals surface area (Å²) in [6, 6.07) is 8.35. The van der Waals surface area contributed by atoms with E-state index >= 15 is 0 Å². The topological polar surface area (TPSA) is 64.6 Å². The Morgan fingerprint density at radius 2 is 1.79 bits per heavy atom. The first kappa shape index (κ1) is 19.2. The van der Waals surface area contributed by atoms with Gasteiger partial charge in [0.25, 0.3) is 10.0 Å². The quantitative estimate of drug-likeness (QED) is 0.671. The van der Waals surface area contributed by atoms with Crippen LogP contribution in [0.25, 0.3) is 0 Å².